The normalized spacial score (nSPS) is 14.6. The molecule has 0 aromatic heterocycles. The number of rotatable bonds is 27. The predicted molar refractivity (Wildman–Crippen MR) is 157 cm³/mol. The molecule has 3 atom stereocenters. The van der Waals surface area contributed by atoms with E-state index >= 15 is 0 Å². The molecule has 0 fully saturated rings. The van der Waals surface area contributed by atoms with Crippen LogP contribution in [0.15, 0.2) is 24.3 Å². The maximum Gasteiger partial charge on any atom is 0.472 e. The lowest BCUT2D eigenvalue weighted by Crippen LogP contribution is -2.43. The molecule has 0 aromatic rings. The van der Waals surface area contributed by atoms with Gasteiger partial charge >= 0.3 is 19.8 Å². The number of phosphoric acid groups is 1. The average molecular weight is 606 g/mol. The quantitative estimate of drug-likeness (QED) is 0.0400. The van der Waals surface area contributed by atoms with Gasteiger partial charge in [-0.05, 0) is 44.9 Å². The molecule has 0 aliphatic carbocycles. The Bertz CT molecular complexity index is 817. The van der Waals surface area contributed by atoms with E-state index in [4.69, 9.17) is 9.84 Å². The minimum atomic E-state index is -4.72. The summed E-state index contributed by atoms with van der Waals surface area (Å²) < 4.78 is 26.3. The summed E-state index contributed by atoms with van der Waals surface area (Å²) in [5, 5.41) is 21.3. The first-order valence-electron chi connectivity index (χ1n) is 14.9. The van der Waals surface area contributed by atoms with Crippen LogP contribution in [0.25, 0.3) is 0 Å². The Labute approximate surface area is 245 Å². The molecule has 3 unspecified atom stereocenters. The van der Waals surface area contributed by atoms with Gasteiger partial charge in [-0.1, -0.05) is 76.7 Å². The van der Waals surface area contributed by atoms with Crippen LogP contribution in [0.5, 0.6) is 0 Å². The molecule has 0 radical (unpaired) electrons. The number of phosphoric ester groups is 1. The van der Waals surface area contributed by atoms with Gasteiger partial charge in [0.25, 0.3) is 0 Å². The first-order valence-corrected chi connectivity index (χ1v) is 16.4. The van der Waals surface area contributed by atoms with E-state index in [2.05, 4.69) is 45.6 Å². The molecule has 41 heavy (non-hydrogen) atoms. The number of unbranched alkanes of at least 4 members (excludes halogenated alkanes) is 9. The third kappa shape index (κ3) is 25.4. The lowest BCUT2D eigenvalue weighted by atomic mass is 10.1. The fraction of sp³-hybridized carbons (Fsp3) is 0.759. The van der Waals surface area contributed by atoms with Crippen molar-refractivity contribution in [2.24, 2.45) is 0 Å². The van der Waals surface area contributed by atoms with Crippen molar-refractivity contribution in [2.45, 2.75) is 122 Å². The molecule has 0 heterocycles. The maximum absolute atomic E-state index is 12.0. The lowest BCUT2D eigenvalue weighted by Gasteiger charge is -2.18. The molecule has 0 spiro atoms. The number of carbonyl (C=O) groups excluding carboxylic acids is 2. The van der Waals surface area contributed by atoms with E-state index < -0.39 is 57.6 Å². The van der Waals surface area contributed by atoms with Crippen LogP contribution < -0.4 is 5.32 Å². The van der Waals surface area contributed by atoms with E-state index in [0.717, 1.165) is 51.4 Å². The van der Waals surface area contributed by atoms with Gasteiger partial charge in [0.05, 0.1) is 13.2 Å². The second-order valence-corrected chi connectivity index (χ2v) is 11.4. The molecular formula is C29H52NO10P. The average Bonchev–Trinajstić information content (AvgIpc) is 2.93. The van der Waals surface area contributed by atoms with Gasteiger partial charge in [0.2, 0.25) is 5.91 Å². The Hall–Kier alpha value is -2.04. The standard InChI is InChI=1S/C29H52NO10P/c1-3-5-7-8-9-10-11-12-13-14-15-16-17-18-19-21-28(33)38-22-25(31)23-39-41(36,37)40-24-26(29(34)35)30-27(32)20-6-4-2/h9-10,12-13,25-26,31H,3-8,11,14-24H2,1-2H3,(H,30,32)(H,34,35)(H,36,37)/b10-9-,13-12-. The number of amides is 1. The lowest BCUT2D eigenvalue weighted by molar-refractivity contribution is -0.147. The maximum atomic E-state index is 12.0. The summed E-state index contributed by atoms with van der Waals surface area (Å²) in [6.45, 7) is 2.17. The van der Waals surface area contributed by atoms with Gasteiger partial charge in [-0.15, -0.1) is 0 Å². The van der Waals surface area contributed by atoms with Crippen LogP contribution in [0.3, 0.4) is 0 Å². The van der Waals surface area contributed by atoms with Crippen molar-refractivity contribution in [3.63, 3.8) is 0 Å². The van der Waals surface area contributed by atoms with Crippen molar-refractivity contribution in [2.75, 3.05) is 19.8 Å². The molecule has 0 aliphatic rings. The predicted octanol–water partition coefficient (Wildman–Crippen LogP) is 5.60. The highest BCUT2D eigenvalue weighted by Gasteiger charge is 2.28. The SMILES string of the molecule is CCCCC/C=C\C/C=C\CCCCCCCC(=O)OCC(O)COP(=O)(O)OCC(NC(=O)CCCC)C(=O)O. The number of carboxylic acids is 1. The zero-order valence-electron chi connectivity index (χ0n) is 24.8. The molecule has 0 saturated heterocycles. The van der Waals surface area contributed by atoms with E-state index in [-0.39, 0.29) is 12.8 Å². The summed E-state index contributed by atoms with van der Waals surface area (Å²) >= 11 is 0. The number of carboxylic acid groups (broad SMARTS) is 1. The van der Waals surface area contributed by atoms with Gasteiger partial charge < -0.3 is 25.2 Å². The molecule has 238 valence electrons. The minimum absolute atomic E-state index is 0.119. The fourth-order valence-electron chi connectivity index (χ4n) is 3.55. The summed E-state index contributed by atoms with van der Waals surface area (Å²) in [4.78, 5) is 44.6. The number of aliphatic carboxylic acids is 1. The molecule has 0 aromatic carbocycles. The number of aliphatic hydroxyl groups excluding tert-OH is 1. The van der Waals surface area contributed by atoms with Gasteiger partial charge in [-0.3, -0.25) is 18.6 Å². The molecule has 12 heteroatoms. The summed E-state index contributed by atoms with van der Waals surface area (Å²) in [6.07, 6.45) is 20.9. The number of ether oxygens (including phenoxy) is 1. The largest absolute Gasteiger partial charge is 0.480 e. The first kappa shape index (κ1) is 39.0. The minimum Gasteiger partial charge on any atom is -0.480 e. The number of hydrogen-bond acceptors (Lipinski definition) is 8. The highest BCUT2D eigenvalue weighted by molar-refractivity contribution is 7.47. The van der Waals surface area contributed by atoms with Crippen molar-refractivity contribution in [3.8, 4) is 0 Å². The van der Waals surface area contributed by atoms with Crippen LogP contribution in [0, 0.1) is 0 Å². The third-order valence-corrected chi connectivity index (χ3v) is 6.94. The van der Waals surface area contributed by atoms with Gasteiger partial charge in [0.15, 0.2) is 6.04 Å². The first-order chi connectivity index (χ1) is 19.6. The molecule has 0 aliphatic heterocycles. The van der Waals surface area contributed by atoms with E-state index in [9.17, 15) is 28.9 Å². The highest BCUT2D eigenvalue weighted by Crippen LogP contribution is 2.43. The van der Waals surface area contributed by atoms with Crippen molar-refractivity contribution < 1.29 is 47.8 Å². The molecule has 1 amide bonds. The molecule has 0 bridgehead atoms. The van der Waals surface area contributed by atoms with Gasteiger partial charge in [-0.25, -0.2) is 9.36 Å². The van der Waals surface area contributed by atoms with Crippen LogP contribution >= 0.6 is 7.82 Å². The number of nitrogens with one attached hydrogen (secondary N) is 1. The van der Waals surface area contributed by atoms with E-state index in [1.54, 1.807) is 0 Å². The number of hydrogen-bond donors (Lipinski definition) is 4. The van der Waals surface area contributed by atoms with Crippen molar-refractivity contribution in [1.29, 1.82) is 0 Å². The molecule has 11 nitrogen and oxygen atoms in total. The molecular weight excluding hydrogens is 553 g/mol. The van der Waals surface area contributed by atoms with Crippen molar-refractivity contribution in [3.05, 3.63) is 24.3 Å². The zero-order valence-corrected chi connectivity index (χ0v) is 25.7. The topological polar surface area (TPSA) is 169 Å². The Morgan fingerprint density at radius 2 is 1.37 bits per heavy atom. The van der Waals surface area contributed by atoms with Crippen LogP contribution in [0.1, 0.15) is 110 Å². The van der Waals surface area contributed by atoms with Gasteiger partial charge in [-0.2, -0.15) is 0 Å². The van der Waals surface area contributed by atoms with Crippen molar-refractivity contribution >= 4 is 25.7 Å². The Morgan fingerprint density at radius 3 is 2.00 bits per heavy atom. The molecule has 4 N–H and O–H groups in total. The second kappa shape index (κ2) is 25.7. The van der Waals surface area contributed by atoms with Crippen molar-refractivity contribution in [1.82, 2.24) is 5.32 Å². The van der Waals surface area contributed by atoms with Crippen LogP contribution in [0.2, 0.25) is 0 Å². The fourth-order valence-corrected chi connectivity index (χ4v) is 4.33. The van der Waals surface area contributed by atoms with Crippen LogP contribution in [0.4, 0.5) is 0 Å². The number of aliphatic hydroxyl groups is 1. The Kier molecular flexibility index (Phi) is 24.4. The highest BCUT2D eigenvalue weighted by atomic mass is 31.2. The van der Waals surface area contributed by atoms with Crippen LogP contribution in [-0.2, 0) is 32.7 Å². The Balaban J connectivity index is 3.92. The zero-order chi connectivity index (χ0) is 30.8. The summed E-state index contributed by atoms with van der Waals surface area (Å²) in [5.41, 5.74) is 0. The molecule has 0 rings (SSSR count). The molecule has 0 saturated carbocycles. The van der Waals surface area contributed by atoms with E-state index in [1.165, 1.54) is 19.3 Å². The smallest absolute Gasteiger partial charge is 0.472 e. The third-order valence-electron chi connectivity index (χ3n) is 5.99. The van der Waals surface area contributed by atoms with Gasteiger partial charge in [0.1, 0.15) is 12.7 Å². The van der Waals surface area contributed by atoms with E-state index in [1.807, 2.05) is 6.92 Å². The van der Waals surface area contributed by atoms with Crippen LogP contribution in [-0.4, -0.2) is 64.9 Å². The summed E-state index contributed by atoms with van der Waals surface area (Å²) in [7, 11) is -4.72. The van der Waals surface area contributed by atoms with E-state index in [0.29, 0.717) is 12.8 Å². The monoisotopic (exact) mass is 605 g/mol. The number of esters is 1. The number of allylic oxidation sites excluding steroid dienone is 4. The summed E-state index contributed by atoms with van der Waals surface area (Å²) in [6, 6.07) is -1.54. The Morgan fingerprint density at radius 1 is 0.780 bits per heavy atom. The van der Waals surface area contributed by atoms with Gasteiger partial charge in [0, 0.05) is 12.8 Å². The summed E-state index contributed by atoms with van der Waals surface area (Å²) in [5.74, 6) is -2.44. The number of carbonyl (C=O) groups is 3. The second-order valence-electron chi connectivity index (χ2n) is 9.94.